The lowest BCUT2D eigenvalue weighted by atomic mass is 9.97. The third-order valence-corrected chi connectivity index (χ3v) is 1.47. The van der Waals surface area contributed by atoms with Gasteiger partial charge in [0.25, 0.3) is 0 Å². The molecule has 5 nitrogen and oxygen atoms in total. The molecular weight excluding hydrogens is 172 g/mol. The molecule has 0 amide bonds. The first-order valence-electron chi connectivity index (χ1n) is 2.98. The quantitative estimate of drug-likeness (QED) is 0.315. The molecule has 0 unspecified atom stereocenters. The molecule has 0 rings (SSSR count). The average molecular weight is 187 g/mol. The topological polar surface area (TPSA) is 113 Å². The number of halogens is 1. The molecule has 0 fully saturated rings. The predicted octanol–water partition coefficient (Wildman–Crippen LogP) is -2.38. The molecule has 0 saturated heterocycles. The van der Waals surface area contributed by atoms with Crippen LogP contribution in [0.5, 0.6) is 0 Å². The number of aliphatic hydroxyl groups excluding tert-OH is 3. The van der Waals surface area contributed by atoms with Crippen molar-refractivity contribution in [2.24, 2.45) is 17.4 Å². The van der Waals surface area contributed by atoms with Gasteiger partial charge in [-0.1, -0.05) is 0 Å². The number of hydrogen-bond donors (Lipinski definition) is 5. The Hall–Kier alpha value is 0.0900. The fraction of sp³-hybridized carbons (Fsp3) is 1.00. The fourth-order valence-corrected chi connectivity index (χ4v) is 0.527. The highest BCUT2D eigenvalue weighted by atomic mass is 35.5. The minimum Gasteiger partial charge on any atom is -0.396 e. The molecular formula is C5H15ClN2O3. The highest BCUT2D eigenvalue weighted by molar-refractivity contribution is 5.85. The van der Waals surface area contributed by atoms with Gasteiger partial charge in [0.05, 0.1) is 25.5 Å². The third kappa shape index (κ3) is 3.85. The van der Waals surface area contributed by atoms with Gasteiger partial charge in [-0.2, -0.15) is 0 Å². The van der Waals surface area contributed by atoms with Crippen molar-refractivity contribution >= 4 is 12.4 Å². The summed E-state index contributed by atoms with van der Waals surface area (Å²) in [5.41, 5.74) is 9.19. The second kappa shape index (κ2) is 5.70. The van der Waals surface area contributed by atoms with Gasteiger partial charge in [0, 0.05) is 5.92 Å². The Balaban J connectivity index is 0. The lowest BCUT2D eigenvalue weighted by Gasteiger charge is -2.28. The van der Waals surface area contributed by atoms with Gasteiger partial charge in [-0.25, -0.2) is 0 Å². The van der Waals surface area contributed by atoms with E-state index in [1.54, 1.807) is 0 Å². The maximum Gasteiger partial charge on any atom is 0.0947 e. The van der Waals surface area contributed by atoms with Gasteiger partial charge >= 0.3 is 0 Å². The van der Waals surface area contributed by atoms with Gasteiger partial charge in [-0.15, -0.1) is 12.4 Å². The van der Waals surface area contributed by atoms with Gasteiger partial charge in [-0.05, 0) is 0 Å². The summed E-state index contributed by atoms with van der Waals surface area (Å²) >= 11 is 0. The van der Waals surface area contributed by atoms with Crippen molar-refractivity contribution in [3.8, 4) is 0 Å². The lowest BCUT2D eigenvalue weighted by molar-refractivity contribution is 0.0557. The molecule has 70 valence electrons. The first-order chi connectivity index (χ1) is 4.58. The Morgan fingerprint density at radius 2 is 1.45 bits per heavy atom. The van der Waals surface area contributed by atoms with E-state index in [1.165, 1.54) is 0 Å². The van der Waals surface area contributed by atoms with Crippen LogP contribution in [-0.4, -0.2) is 40.8 Å². The van der Waals surface area contributed by atoms with Crippen molar-refractivity contribution in [1.29, 1.82) is 0 Å². The zero-order chi connectivity index (χ0) is 8.20. The maximum atomic E-state index is 8.56. The molecule has 0 saturated carbocycles. The van der Waals surface area contributed by atoms with E-state index < -0.39 is 18.2 Å². The highest BCUT2D eigenvalue weighted by Crippen LogP contribution is 2.05. The summed E-state index contributed by atoms with van der Waals surface area (Å²) in [5, 5.41) is 25.7. The van der Waals surface area contributed by atoms with Crippen molar-refractivity contribution in [1.82, 2.24) is 0 Å². The van der Waals surface area contributed by atoms with E-state index in [-0.39, 0.29) is 25.6 Å². The first-order valence-corrected chi connectivity index (χ1v) is 2.98. The largest absolute Gasteiger partial charge is 0.396 e. The Kier molecular flexibility index (Phi) is 7.09. The Morgan fingerprint density at radius 3 is 1.55 bits per heavy atom. The zero-order valence-corrected chi connectivity index (χ0v) is 6.92. The Morgan fingerprint density at radius 1 is 1.09 bits per heavy atom. The van der Waals surface area contributed by atoms with Crippen molar-refractivity contribution < 1.29 is 15.3 Å². The fourth-order valence-electron chi connectivity index (χ4n) is 0.527. The Labute approximate surface area is 71.4 Å². The van der Waals surface area contributed by atoms with Crippen LogP contribution >= 0.6 is 12.4 Å². The zero-order valence-electron chi connectivity index (χ0n) is 6.10. The van der Waals surface area contributed by atoms with E-state index >= 15 is 0 Å². The van der Waals surface area contributed by atoms with Gasteiger partial charge in [0.1, 0.15) is 0 Å². The maximum absolute atomic E-state index is 8.56. The van der Waals surface area contributed by atoms with Crippen LogP contribution in [0.4, 0.5) is 0 Å². The molecule has 0 aliphatic heterocycles. The number of nitrogens with two attached hydrogens (primary N) is 2. The molecule has 0 aromatic heterocycles. The van der Waals surface area contributed by atoms with E-state index in [0.29, 0.717) is 0 Å². The first kappa shape index (κ1) is 13.7. The monoisotopic (exact) mass is 186 g/mol. The molecule has 0 bridgehead atoms. The lowest BCUT2D eigenvalue weighted by Crippen LogP contribution is -2.60. The van der Waals surface area contributed by atoms with Crippen LogP contribution in [0.2, 0.25) is 0 Å². The molecule has 0 aromatic rings. The van der Waals surface area contributed by atoms with Crippen molar-refractivity contribution in [3.05, 3.63) is 0 Å². The van der Waals surface area contributed by atoms with Crippen LogP contribution in [-0.2, 0) is 0 Å². The third-order valence-electron chi connectivity index (χ3n) is 1.47. The molecule has 7 N–H and O–H groups in total. The summed E-state index contributed by atoms with van der Waals surface area (Å²) in [6, 6.07) is 0. The summed E-state index contributed by atoms with van der Waals surface area (Å²) in [4.78, 5) is 0. The van der Waals surface area contributed by atoms with Gasteiger partial charge in [-0.3, -0.25) is 0 Å². The van der Waals surface area contributed by atoms with Crippen LogP contribution in [0.15, 0.2) is 0 Å². The standard InChI is InChI=1S/C5H14N2O3.ClH/c6-5(7,3-10)4(1-8)2-9;/h4,8-10H,1-3,6-7H2;1H. The molecule has 0 aliphatic carbocycles. The minimum absolute atomic E-state index is 0. The SMILES string of the molecule is Cl.NC(N)(CO)C(CO)CO. The molecule has 0 spiro atoms. The summed E-state index contributed by atoms with van der Waals surface area (Å²) < 4.78 is 0. The van der Waals surface area contributed by atoms with E-state index in [9.17, 15) is 0 Å². The van der Waals surface area contributed by atoms with E-state index in [1.807, 2.05) is 0 Å². The number of aliphatic hydroxyl groups is 3. The van der Waals surface area contributed by atoms with E-state index in [2.05, 4.69) is 0 Å². The molecule has 0 atom stereocenters. The predicted molar refractivity (Wildman–Crippen MR) is 43.1 cm³/mol. The summed E-state index contributed by atoms with van der Waals surface area (Å²) in [6.07, 6.45) is 0. The van der Waals surface area contributed by atoms with Crippen LogP contribution in [0.25, 0.3) is 0 Å². The van der Waals surface area contributed by atoms with Crippen molar-refractivity contribution in [2.75, 3.05) is 19.8 Å². The molecule has 6 heteroatoms. The minimum atomic E-state index is -1.39. The van der Waals surface area contributed by atoms with Crippen LogP contribution < -0.4 is 11.5 Å². The van der Waals surface area contributed by atoms with Crippen molar-refractivity contribution in [2.45, 2.75) is 5.66 Å². The second-order valence-electron chi connectivity index (χ2n) is 2.33. The second-order valence-corrected chi connectivity index (χ2v) is 2.33. The average Bonchev–Trinajstić information content (AvgIpc) is 1.90. The van der Waals surface area contributed by atoms with Crippen molar-refractivity contribution in [3.63, 3.8) is 0 Å². The molecule has 0 aliphatic rings. The number of hydrogen-bond acceptors (Lipinski definition) is 5. The molecule has 0 aromatic carbocycles. The van der Waals surface area contributed by atoms with Gasteiger partial charge < -0.3 is 26.8 Å². The van der Waals surface area contributed by atoms with Crippen LogP contribution in [0.3, 0.4) is 0 Å². The molecule has 0 heterocycles. The molecule has 0 radical (unpaired) electrons. The Bertz CT molecular complexity index is 97.7. The molecule has 11 heavy (non-hydrogen) atoms. The normalized spacial score (nSPS) is 11.5. The van der Waals surface area contributed by atoms with Gasteiger partial charge in [0.2, 0.25) is 0 Å². The van der Waals surface area contributed by atoms with E-state index in [0.717, 1.165) is 0 Å². The van der Waals surface area contributed by atoms with E-state index in [4.69, 9.17) is 26.8 Å². The summed E-state index contributed by atoms with van der Waals surface area (Å²) in [7, 11) is 0. The van der Waals surface area contributed by atoms with Crippen LogP contribution in [0.1, 0.15) is 0 Å². The number of rotatable bonds is 4. The van der Waals surface area contributed by atoms with Gasteiger partial charge in [0.15, 0.2) is 0 Å². The summed E-state index contributed by atoms with van der Waals surface area (Å²) in [5.74, 6) is -0.669. The van der Waals surface area contributed by atoms with Crippen LogP contribution in [0, 0.1) is 5.92 Å². The summed E-state index contributed by atoms with van der Waals surface area (Å²) in [6.45, 7) is -1.12. The highest BCUT2D eigenvalue weighted by Gasteiger charge is 2.28. The smallest absolute Gasteiger partial charge is 0.0947 e.